The van der Waals surface area contributed by atoms with E-state index in [1.807, 2.05) is 65.2 Å². The molecule has 0 aliphatic heterocycles. The average Bonchev–Trinajstić information content (AvgIpc) is 3.39. The van der Waals surface area contributed by atoms with Crippen molar-refractivity contribution < 1.29 is 9.32 Å². The van der Waals surface area contributed by atoms with Gasteiger partial charge in [-0.2, -0.15) is 4.98 Å². The van der Waals surface area contributed by atoms with Crippen LogP contribution in [-0.4, -0.2) is 20.5 Å². The summed E-state index contributed by atoms with van der Waals surface area (Å²) in [6.07, 6.45) is 0. The van der Waals surface area contributed by atoms with Gasteiger partial charge in [-0.25, -0.2) is 0 Å². The summed E-state index contributed by atoms with van der Waals surface area (Å²) in [4.78, 5) is 17.7. The van der Waals surface area contributed by atoms with Gasteiger partial charge in [-0.15, -0.1) is 0 Å². The molecule has 5 aromatic rings. The number of carbonyl (C=O) groups is 1. The Morgan fingerprint density at radius 3 is 2.38 bits per heavy atom. The molecule has 3 aromatic carbocycles. The third kappa shape index (κ3) is 3.79. The summed E-state index contributed by atoms with van der Waals surface area (Å²) in [5, 5.41) is 5.92. The number of fused-ring (bicyclic) bond motifs is 1. The van der Waals surface area contributed by atoms with Crippen LogP contribution in [0.25, 0.3) is 22.4 Å². The molecule has 32 heavy (non-hydrogen) atoms. The first kappa shape index (κ1) is 20.8. The van der Waals surface area contributed by atoms with E-state index in [2.05, 4.69) is 10.1 Å². The maximum Gasteiger partial charge on any atom is 0.258 e. The minimum Gasteiger partial charge on any atom is -0.333 e. The first-order chi connectivity index (χ1) is 15.5. The van der Waals surface area contributed by atoms with Crippen LogP contribution >= 0.6 is 34.8 Å². The summed E-state index contributed by atoms with van der Waals surface area (Å²) in [5.41, 5.74) is 2.74. The third-order valence-electron chi connectivity index (χ3n) is 5.09. The molecule has 0 saturated heterocycles. The number of hydrogen-bond acceptors (Lipinski definition) is 4. The van der Waals surface area contributed by atoms with Crippen molar-refractivity contribution in [1.82, 2.24) is 14.7 Å². The number of hydrogen-bond donors (Lipinski definition) is 0. The number of carbonyl (C=O) groups excluding carboxylic acids is 1. The highest BCUT2D eigenvalue weighted by Crippen LogP contribution is 2.34. The third-order valence-corrected chi connectivity index (χ3v) is 5.97. The van der Waals surface area contributed by atoms with Crippen molar-refractivity contribution in [3.8, 4) is 11.5 Å². The van der Waals surface area contributed by atoms with Gasteiger partial charge in [0.2, 0.25) is 11.6 Å². The molecule has 8 heteroatoms. The Kier molecular flexibility index (Phi) is 5.47. The van der Waals surface area contributed by atoms with Gasteiger partial charge in [0.15, 0.2) is 0 Å². The molecule has 0 N–H and O–H groups in total. The maximum atomic E-state index is 13.4. The Labute approximate surface area is 198 Å². The summed E-state index contributed by atoms with van der Waals surface area (Å²) >= 11 is 19.0. The maximum absolute atomic E-state index is 13.4. The lowest BCUT2D eigenvalue weighted by atomic mass is 10.1. The van der Waals surface area contributed by atoms with Gasteiger partial charge in [0.25, 0.3) is 5.89 Å². The number of nitrogens with zero attached hydrogens (tertiary/aromatic N) is 3. The van der Waals surface area contributed by atoms with Crippen LogP contribution in [0.15, 0.2) is 77.3 Å². The van der Waals surface area contributed by atoms with E-state index < -0.39 is 5.78 Å². The molecule has 2 heterocycles. The summed E-state index contributed by atoms with van der Waals surface area (Å²) in [7, 11) is 0. The predicted octanol–water partition coefficient (Wildman–Crippen LogP) is 6.93. The monoisotopic (exact) mass is 481 g/mol. The average molecular weight is 483 g/mol. The van der Waals surface area contributed by atoms with E-state index in [1.54, 1.807) is 12.1 Å². The zero-order chi connectivity index (χ0) is 22.2. The SMILES string of the molecule is O=C(c1noc(-c2ccccc2)n1)c1c(Cl)n(Cc2ccc(Cl)cc2)c2ccc(Cl)cc12. The summed E-state index contributed by atoms with van der Waals surface area (Å²) in [6, 6.07) is 22.0. The van der Waals surface area contributed by atoms with Crippen molar-refractivity contribution >= 4 is 51.5 Å². The minimum absolute atomic E-state index is 0.0729. The minimum atomic E-state index is -0.442. The molecule has 0 saturated carbocycles. The fourth-order valence-corrected chi connectivity index (χ4v) is 4.20. The number of ketones is 1. The zero-order valence-electron chi connectivity index (χ0n) is 16.4. The molecule has 0 fully saturated rings. The molecular weight excluding hydrogens is 469 g/mol. The van der Waals surface area contributed by atoms with E-state index in [9.17, 15) is 4.79 Å². The number of aromatic nitrogens is 3. The van der Waals surface area contributed by atoms with Crippen LogP contribution in [0.1, 0.15) is 21.7 Å². The topological polar surface area (TPSA) is 60.9 Å². The van der Waals surface area contributed by atoms with Crippen molar-refractivity contribution in [1.29, 1.82) is 0 Å². The normalized spacial score (nSPS) is 11.2. The molecule has 0 unspecified atom stereocenters. The van der Waals surface area contributed by atoms with Crippen molar-refractivity contribution in [3.05, 3.63) is 105 Å². The molecule has 0 aliphatic rings. The Balaban J connectivity index is 1.60. The van der Waals surface area contributed by atoms with Gasteiger partial charge in [-0.1, -0.05) is 70.3 Å². The van der Waals surface area contributed by atoms with Gasteiger partial charge >= 0.3 is 0 Å². The van der Waals surface area contributed by atoms with Crippen LogP contribution in [-0.2, 0) is 6.54 Å². The number of halogens is 3. The molecule has 0 atom stereocenters. The highest BCUT2D eigenvalue weighted by molar-refractivity contribution is 6.37. The first-order valence-corrected chi connectivity index (χ1v) is 10.8. The van der Waals surface area contributed by atoms with Gasteiger partial charge in [0, 0.05) is 27.5 Å². The molecule has 0 radical (unpaired) electrons. The van der Waals surface area contributed by atoms with Crippen LogP contribution in [0.3, 0.4) is 0 Å². The van der Waals surface area contributed by atoms with E-state index in [0.717, 1.165) is 16.6 Å². The van der Waals surface area contributed by atoms with E-state index in [-0.39, 0.29) is 22.4 Å². The second-order valence-electron chi connectivity index (χ2n) is 7.16. The molecule has 0 bridgehead atoms. The molecule has 2 aromatic heterocycles. The fraction of sp³-hybridized carbons (Fsp3) is 0.0417. The van der Waals surface area contributed by atoms with Gasteiger partial charge in [-0.05, 0) is 48.0 Å². The van der Waals surface area contributed by atoms with E-state index in [4.69, 9.17) is 39.3 Å². The second kappa shape index (κ2) is 8.43. The van der Waals surface area contributed by atoms with Crippen LogP contribution in [0.5, 0.6) is 0 Å². The van der Waals surface area contributed by atoms with Crippen LogP contribution in [0.4, 0.5) is 0 Å². The number of rotatable bonds is 5. The summed E-state index contributed by atoms with van der Waals surface area (Å²) in [6.45, 7) is 0.447. The summed E-state index contributed by atoms with van der Waals surface area (Å²) < 4.78 is 7.16. The van der Waals surface area contributed by atoms with Gasteiger partial charge in [0.1, 0.15) is 5.15 Å². The van der Waals surface area contributed by atoms with Crippen LogP contribution < -0.4 is 0 Å². The molecule has 5 nitrogen and oxygen atoms in total. The molecule has 158 valence electrons. The molecule has 0 amide bonds. The van der Waals surface area contributed by atoms with Gasteiger partial charge in [-0.3, -0.25) is 4.79 Å². The highest BCUT2D eigenvalue weighted by atomic mass is 35.5. The standard InChI is InChI=1S/C24H14Cl3N3O2/c25-16-8-6-14(7-9-16)13-30-19-11-10-17(26)12-18(19)20(22(30)27)21(31)23-28-24(32-29-23)15-4-2-1-3-5-15/h1-12H,13H2. The van der Waals surface area contributed by atoms with Crippen molar-refractivity contribution in [2.75, 3.05) is 0 Å². The van der Waals surface area contributed by atoms with Gasteiger partial charge in [0.05, 0.1) is 11.1 Å². The first-order valence-electron chi connectivity index (χ1n) is 9.67. The Morgan fingerprint density at radius 2 is 1.62 bits per heavy atom. The lowest BCUT2D eigenvalue weighted by molar-refractivity contribution is 0.102. The number of benzene rings is 3. The van der Waals surface area contributed by atoms with E-state index in [1.165, 1.54) is 0 Å². The highest BCUT2D eigenvalue weighted by Gasteiger charge is 2.26. The molecule has 5 rings (SSSR count). The second-order valence-corrected chi connectivity index (χ2v) is 8.39. The van der Waals surface area contributed by atoms with Crippen molar-refractivity contribution in [3.63, 3.8) is 0 Å². The molecule has 0 spiro atoms. The Hall–Kier alpha value is -3.12. The Bertz CT molecular complexity index is 1440. The summed E-state index contributed by atoms with van der Waals surface area (Å²) in [5.74, 6) is -0.257. The lowest BCUT2D eigenvalue weighted by Crippen LogP contribution is -2.05. The fourth-order valence-electron chi connectivity index (χ4n) is 3.56. The molecule has 0 aliphatic carbocycles. The van der Waals surface area contributed by atoms with Gasteiger partial charge < -0.3 is 9.09 Å². The van der Waals surface area contributed by atoms with Crippen LogP contribution in [0.2, 0.25) is 15.2 Å². The van der Waals surface area contributed by atoms with E-state index >= 15 is 0 Å². The zero-order valence-corrected chi connectivity index (χ0v) is 18.7. The Morgan fingerprint density at radius 1 is 0.906 bits per heavy atom. The van der Waals surface area contributed by atoms with E-state index in [0.29, 0.717) is 22.0 Å². The van der Waals surface area contributed by atoms with Crippen molar-refractivity contribution in [2.24, 2.45) is 0 Å². The van der Waals surface area contributed by atoms with Crippen LogP contribution in [0, 0.1) is 0 Å². The lowest BCUT2D eigenvalue weighted by Gasteiger charge is -2.08. The largest absolute Gasteiger partial charge is 0.333 e. The molecular formula is C24H14Cl3N3O2. The quantitative estimate of drug-likeness (QED) is 0.255. The predicted molar refractivity (Wildman–Crippen MR) is 126 cm³/mol. The van der Waals surface area contributed by atoms with Crippen molar-refractivity contribution in [2.45, 2.75) is 6.54 Å². The smallest absolute Gasteiger partial charge is 0.258 e.